The van der Waals surface area contributed by atoms with Gasteiger partial charge in [-0.2, -0.15) is 13.2 Å². The standard InChI is InChI=1S/C26H24ClF4N3O/c27-20-10-11-24(32-15-20)34(25(35)33-22-8-4-5-9-22)16-23(17-6-2-1-3-7-17)18-12-19(26(29,30)31)14-21(28)13-18/h1-3,6-7,10-15,22-23H,4-5,8-9,16H2,(H,33,35). The first-order chi connectivity index (χ1) is 16.7. The van der Waals surface area contributed by atoms with Gasteiger partial charge >= 0.3 is 12.2 Å². The van der Waals surface area contributed by atoms with Crippen LogP contribution in [0.2, 0.25) is 5.02 Å². The van der Waals surface area contributed by atoms with Crippen molar-refractivity contribution < 1.29 is 22.4 Å². The highest BCUT2D eigenvalue weighted by Gasteiger charge is 2.33. The summed E-state index contributed by atoms with van der Waals surface area (Å²) in [6, 6.07) is 14.0. The summed E-state index contributed by atoms with van der Waals surface area (Å²) in [6.45, 7) is -0.0576. The SMILES string of the molecule is O=C(NC1CCCC1)N(CC(c1ccccc1)c1cc(F)cc(C(F)(F)F)c1)c1ccc(Cl)cn1. The highest BCUT2D eigenvalue weighted by atomic mass is 35.5. The van der Waals surface area contributed by atoms with Crippen molar-refractivity contribution in [2.24, 2.45) is 0 Å². The van der Waals surface area contributed by atoms with Gasteiger partial charge in [0.25, 0.3) is 0 Å². The molecule has 1 aromatic heterocycles. The number of anilines is 1. The fraction of sp³-hybridized carbons (Fsp3) is 0.308. The van der Waals surface area contributed by atoms with E-state index in [1.54, 1.807) is 42.5 Å². The lowest BCUT2D eigenvalue weighted by Crippen LogP contribution is -2.46. The number of urea groups is 1. The van der Waals surface area contributed by atoms with Crippen LogP contribution in [-0.4, -0.2) is 23.6 Å². The van der Waals surface area contributed by atoms with E-state index in [0.29, 0.717) is 22.5 Å². The topological polar surface area (TPSA) is 45.2 Å². The van der Waals surface area contributed by atoms with Crippen LogP contribution in [0.25, 0.3) is 0 Å². The Hall–Kier alpha value is -3.13. The second-order valence-corrected chi connectivity index (χ2v) is 9.05. The molecule has 1 atom stereocenters. The number of hydrogen-bond donors (Lipinski definition) is 1. The zero-order valence-electron chi connectivity index (χ0n) is 18.7. The van der Waals surface area contributed by atoms with Gasteiger partial charge in [0.15, 0.2) is 0 Å². The molecule has 0 aliphatic heterocycles. The fourth-order valence-corrected chi connectivity index (χ4v) is 4.49. The molecular weight excluding hydrogens is 482 g/mol. The van der Waals surface area contributed by atoms with Crippen molar-refractivity contribution in [3.63, 3.8) is 0 Å². The van der Waals surface area contributed by atoms with Crippen molar-refractivity contribution in [3.8, 4) is 0 Å². The lowest BCUT2D eigenvalue weighted by Gasteiger charge is -2.29. The predicted molar refractivity (Wildman–Crippen MR) is 127 cm³/mol. The van der Waals surface area contributed by atoms with Crippen LogP contribution in [0.4, 0.5) is 28.2 Å². The minimum Gasteiger partial charge on any atom is -0.335 e. The summed E-state index contributed by atoms with van der Waals surface area (Å²) in [5, 5.41) is 3.39. The molecule has 1 unspecified atom stereocenters. The molecule has 2 amide bonds. The number of nitrogens with zero attached hydrogens (tertiary/aromatic N) is 2. The van der Waals surface area contributed by atoms with E-state index in [1.807, 2.05) is 0 Å². The van der Waals surface area contributed by atoms with Crippen LogP contribution in [0.5, 0.6) is 0 Å². The van der Waals surface area contributed by atoms with E-state index < -0.39 is 29.5 Å². The van der Waals surface area contributed by atoms with Crippen molar-refractivity contribution in [1.82, 2.24) is 10.3 Å². The number of aromatic nitrogens is 1. The number of benzene rings is 2. The van der Waals surface area contributed by atoms with Gasteiger partial charge < -0.3 is 5.32 Å². The molecule has 2 aromatic carbocycles. The molecule has 1 heterocycles. The molecule has 4 nitrogen and oxygen atoms in total. The van der Waals surface area contributed by atoms with Crippen molar-refractivity contribution in [2.45, 2.75) is 43.8 Å². The zero-order chi connectivity index (χ0) is 25.0. The van der Waals surface area contributed by atoms with Crippen LogP contribution < -0.4 is 10.2 Å². The highest BCUT2D eigenvalue weighted by molar-refractivity contribution is 6.30. The first kappa shape index (κ1) is 25.0. The number of halogens is 5. The van der Waals surface area contributed by atoms with Gasteiger partial charge in [0, 0.05) is 24.7 Å². The summed E-state index contributed by atoms with van der Waals surface area (Å²) in [4.78, 5) is 19.0. The van der Waals surface area contributed by atoms with Gasteiger partial charge in [0.2, 0.25) is 0 Å². The van der Waals surface area contributed by atoms with E-state index >= 15 is 0 Å². The summed E-state index contributed by atoms with van der Waals surface area (Å²) < 4.78 is 54.8. The maximum atomic E-state index is 14.3. The van der Waals surface area contributed by atoms with E-state index in [-0.39, 0.29) is 18.2 Å². The van der Waals surface area contributed by atoms with Crippen LogP contribution in [0, 0.1) is 5.82 Å². The Balaban J connectivity index is 1.75. The monoisotopic (exact) mass is 505 g/mol. The average molecular weight is 506 g/mol. The molecule has 0 spiro atoms. The maximum absolute atomic E-state index is 14.3. The Morgan fingerprint density at radius 1 is 1.06 bits per heavy atom. The third-order valence-corrected chi connectivity index (χ3v) is 6.36. The molecule has 1 saturated carbocycles. The first-order valence-corrected chi connectivity index (χ1v) is 11.7. The van der Waals surface area contributed by atoms with Gasteiger partial charge in [-0.25, -0.2) is 14.2 Å². The fourth-order valence-electron chi connectivity index (χ4n) is 4.38. The van der Waals surface area contributed by atoms with E-state index in [9.17, 15) is 22.4 Å². The third-order valence-electron chi connectivity index (χ3n) is 6.13. The molecule has 1 N–H and O–H groups in total. The van der Waals surface area contributed by atoms with Crippen LogP contribution in [0.3, 0.4) is 0 Å². The third kappa shape index (κ3) is 6.31. The molecular formula is C26H24ClF4N3O. The van der Waals surface area contributed by atoms with Gasteiger partial charge in [0.1, 0.15) is 11.6 Å². The molecule has 4 rings (SSSR count). The second kappa shape index (κ2) is 10.6. The Labute approximate surface area is 205 Å². The molecule has 0 bridgehead atoms. The number of pyridine rings is 1. The largest absolute Gasteiger partial charge is 0.416 e. The summed E-state index contributed by atoms with van der Waals surface area (Å²) >= 11 is 5.98. The average Bonchev–Trinajstić information content (AvgIpc) is 3.33. The molecule has 3 aromatic rings. The summed E-state index contributed by atoms with van der Waals surface area (Å²) in [7, 11) is 0. The molecule has 1 fully saturated rings. The molecule has 9 heteroatoms. The number of carbonyl (C=O) groups excluding carboxylic acids is 1. The molecule has 0 radical (unpaired) electrons. The van der Waals surface area contributed by atoms with Crippen molar-refractivity contribution in [2.75, 3.05) is 11.4 Å². The maximum Gasteiger partial charge on any atom is 0.416 e. The summed E-state index contributed by atoms with van der Waals surface area (Å²) in [5.41, 5.74) is -0.338. The van der Waals surface area contributed by atoms with Gasteiger partial charge in [-0.05, 0) is 54.3 Å². The summed E-state index contributed by atoms with van der Waals surface area (Å²) in [5.74, 6) is -1.46. The highest BCUT2D eigenvalue weighted by Crippen LogP contribution is 2.35. The number of carbonyl (C=O) groups is 1. The lowest BCUT2D eigenvalue weighted by atomic mass is 9.89. The van der Waals surface area contributed by atoms with Crippen LogP contribution in [0.1, 0.15) is 48.3 Å². The molecule has 0 saturated heterocycles. The second-order valence-electron chi connectivity index (χ2n) is 8.61. The zero-order valence-corrected chi connectivity index (χ0v) is 19.5. The predicted octanol–water partition coefficient (Wildman–Crippen LogP) is 7.18. The Morgan fingerprint density at radius 2 is 1.77 bits per heavy atom. The molecule has 184 valence electrons. The number of alkyl halides is 3. The van der Waals surface area contributed by atoms with E-state index in [2.05, 4.69) is 10.3 Å². The Morgan fingerprint density at radius 3 is 2.40 bits per heavy atom. The van der Waals surface area contributed by atoms with Crippen LogP contribution in [-0.2, 0) is 6.18 Å². The molecule has 1 aliphatic carbocycles. The minimum atomic E-state index is -4.71. The normalized spacial score (nSPS) is 15.1. The minimum absolute atomic E-state index is 0.0125. The Bertz CT molecular complexity index is 1150. The van der Waals surface area contributed by atoms with Crippen molar-refractivity contribution in [1.29, 1.82) is 0 Å². The smallest absolute Gasteiger partial charge is 0.335 e. The number of hydrogen-bond acceptors (Lipinski definition) is 2. The first-order valence-electron chi connectivity index (χ1n) is 11.3. The van der Waals surface area contributed by atoms with Crippen molar-refractivity contribution >= 4 is 23.4 Å². The van der Waals surface area contributed by atoms with Crippen molar-refractivity contribution in [3.05, 3.63) is 94.4 Å². The number of nitrogens with one attached hydrogen (secondary N) is 1. The van der Waals surface area contributed by atoms with Crippen LogP contribution in [0.15, 0.2) is 66.9 Å². The van der Waals surface area contributed by atoms with E-state index in [1.165, 1.54) is 11.1 Å². The van der Waals surface area contributed by atoms with Gasteiger partial charge in [-0.1, -0.05) is 54.8 Å². The lowest BCUT2D eigenvalue weighted by molar-refractivity contribution is -0.137. The molecule has 1 aliphatic rings. The molecule has 35 heavy (non-hydrogen) atoms. The quantitative estimate of drug-likeness (QED) is 0.360. The van der Waals surface area contributed by atoms with E-state index in [0.717, 1.165) is 37.8 Å². The van der Waals surface area contributed by atoms with Gasteiger partial charge in [0.05, 0.1) is 10.6 Å². The summed E-state index contributed by atoms with van der Waals surface area (Å²) in [6.07, 6.45) is 0.424. The van der Waals surface area contributed by atoms with Gasteiger partial charge in [-0.15, -0.1) is 0 Å². The van der Waals surface area contributed by atoms with E-state index in [4.69, 9.17) is 11.6 Å². The number of rotatable bonds is 6. The Kier molecular flexibility index (Phi) is 7.60. The van der Waals surface area contributed by atoms with Crippen LogP contribution >= 0.6 is 11.6 Å². The van der Waals surface area contributed by atoms with Gasteiger partial charge in [-0.3, -0.25) is 4.90 Å². The number of amides is 2.